The van der Waals surface area contributed by atoms with Crippen molar-refractivity contribution in [1.29, 1.82) is 0 Å². The van der Waals surface area contributed by atoms with Gasteiger partial charge in [-0.3, -0.25) is 9.59 Å². The molecule has 160 valence electrons. The van der Waals surface area contributed by atoms with Crippen LogP contribution in [0.1, 0.15) is 58.8 Å². The van der Waals surface area contributed by atoms with Crippen LogP contribution < -0.4 is 5.73 Å². The molecule has 0 aromatic heterocycles. The summed E-state index contributed by atoms with van der Waals surface area (Å²) in [7, 11) is 1.98. The molecule has 9 atom stereocenters. The highest BCUT2D eigenvalue weighted by atomic mass is 16.5. The van der Waals surface area contributed by atoms with E-state index in [1.165, 1.54) is 32.1 Å². The van der Waals surface area contributed by atoms with Crippen LogP contribution in [0.25, 0.3) is 0 Å². The number of fused-ring (bicyclic) bond motifs is 5. The lowest BCUT2D eigenvalue weighted by molar-refractivity contribution is -0.140. The van der Waals surface area contributed by atoms with Crippen LogP contribution >= 0.6 is 0 Å². The Hall–Kier alpha value is -1.36. The first-order chi connectivity index (χ1) is 13.8. The summed E-state index contributed by atoms with van der Waals surface area (Å²) >= 11 is 0. The van der Waals surface area contributed by atoms with Crippen molar-refractivity contribution in [2.24, 2.45) is 46.2 Å². The SMILES string of the molecule is CN1C(=O)C=C[C@@]2(C)C1CC[C@@H]1[C@H]2CC[C@]2(C)C(C3CCOC3C(N)=O)CC[C@@H]12. The van der Waals surface area contributed by atoms with Gasteiger partial charge in [-0.2, -0.15) is 0 Å². The van der Waals surface area contributed by atoms with E-state index < -0.39 is 0 Å². The first kappa shape index (κ1) is 19.6. The molecule has 2 heterocycles. The molecule has 5 rings (SSSR count). The predicted octanol–water partition coefficient (Wildman–Crippen LogP) is 3.13. The number of carbonyl (C=O) groups excluding carboxylic acids is 2. The Labute approximate surface area is 174 Å². The highest BCUT2D eigenvalue weighted by Gasteiger charge is 2.62. The maximum Gasteiger partial charge on any atom is 0.246 e. The lowest BCUT2D eigenvalue weighted by Crippen LogP contribution is -2.59. The molecule has 5 aliphatic rings. The minimum atomic E-state index is -0.387. The van der Waals surface area contributed by atoms with Gasteiger partial charge in [0.25, 0.3) is 0 Å². The van der Waals surface area contributed by atoms with Crippen molar-refractivity contribution in [3.63, 3.8) is 0 Å². The zero-order valence-corrected chi connectivity index (χ0v) is 18.1. The van der Waals surface area contributed by atoms with E-state index in [-0.39, 0.29) is 28.7 Å². The van der Waals surface area contributed by atoms with E-state index >= 15 is 0 Å². The lowest BCUT2D eigenvalue weighted by Gasteiger charge is -2.60. The molecule has 5 heteroatoms. The summed E-state index contributed by atoms with van der Waals surface area (Å²) in [6, 6.07) is 0.338. The summed E-state index contributed by atoms with van der Waals surface area (Å²) < 4.78 is 5.76. The molecule has 4 fully saturated rings. The van der Waals surface area contributed by atoms with E-state index in [2.05, 4.69) is 19.9 Å². The van der Waals surface area contributed by atoms with E-state index in [9.17, 15) is 9.59 Å². The van der Waals surface area contributed by atoms with Crippen LogP contribution in [0, 0.1) is 40.4 Å². The molecule has 1 saturated heterocycles. The summed E-state index contributed by atoms with van der Waals surface area (Å²) in [6.07, 6.45) is 11.9. The average molecular weight is 401 g/mol. The Morgan fingerprint density at radius 2 is 1.79 bits per heavy atom. The predicted molar refractivity (Wildman–Crippen MR) is 111 cm³/mol. The molecule has 4 unspecified atom stereocenters. The van der Waals surface area contributed by atoms with Gasteiger partial charge in [0, 0.05) is 25.1 Å². The number of likely N-dealkylation sites (N-methyl/N-ethyl adjacent to an activating group) is 1. The van der Waals surface area contributed by atoms with Gasteiger partial charge in [0.2, 0.25) is 11.8 Å². The van der Waals surface area contributed by atoms with Crippen LogP contribution in [-0.2, 0) is 14.3 Å². The van der Waals surface area contributed by atoms with E-state index in [4.69, 9.17) is 10.5 Å². The average Bonchev–Trinajstić information content (AvgIpc) is 3.29. The number of hydrogen-bond acceptors (Lipinski definition) is 3. The van der Waals surface area contributed by atoms with E-state index in [1.807, 2.05) is 18.0 Å². The topological polar surface area (TPSA) is 72.6 Å². The van der Waals surface area contributed by atoms with Gasteiger partial charge in [0.1, 0.15) is 6.10 Å². The molecule has 2 aliphatic heterocycles. The molecule has 3 aliphatic carbocycles. The van der Waals surface area contributed by atoms with Crippen molar-refractivity contribution < 1.29 is 14.3 Å². The highest BCUT2D eigenvalue weighted by Crippen LogP contribution is 2.67. The molecule has 0 aromatic rings. The molecule has 29 heavy (non-hydrogen) atoms. The van der Waals surface area contributed by atoms with Crippen LogP contribution in [0.15, 0.2) is 12.2 Å². The fourth-order valence-electron chi connectivity index (χ4n) is 8.79. The zero-order valence-electron chi connectivity index (χ0n) is 18.1. The normalized spacial score (nSPS) is 51.5. The van der Waals surface area contributed by atoms with Gasteiger partial charge in [0.15, 0.2) is 0 Å². The molecule has 0 bridgehead atoms. The number of nitrogens with zero attached hydrogens (tertiary/aromatic N) is 1. The van der Waals surface area contributed by atoms with Crippen molar-refractivity contribution in [3.8, 4) is 0 Å². The largest absolute Gasteiger partial charge is 0.368 e. The molecule has 3 saturated carbocycles. The molecule has 2 amide bonds. The van der Waals surface area contributed by atoms with Crippen LogP contribution in [-0.4, -0.2) is 42.5 Å². The molecule has 0 aromatic carbocycles. The number of amides is 2. The van der Waals surface area contributed by atoms with Crippen LogP contribution in [0.4, 0.5) is 0 Å². The Morgan fingerprint density at radius 1 is 1.07 bits per heavy atom. The maximum atomic E-state index is 12.3. The number of nitrogens with two attached hydrogens (primary N) is 1. The summed E-state index contributed by atoms with van der Waals surface area (Å²) in [6.45, 7) is 5.58. The van der Waals surface area contributed by atoms with Crippen LogP contribution in [0.5, 0.6) is 0 Å². The first-order valence-electron chi connectivity index (χ1n) is 11.6. The minimum Gasteiger partial charge on any atom is -0.368 e. The Bertz CT molecular complexity index is 750. The van der Waals surface area contributed by atoms with Gasteiger partial charge in [-0.1, -0.05) is 19.9 Å². The fraction of sp³-hybridized carbons (Fsp3) is 0.833. The third-order valence-electron chi connectivity index (χ3n) is 10.1. The Kier molecular flexibility index (Phi) is 4.44. The quantitative estimate of drug-likeness (QED) is 0.774. The second-order valence-corrected chi connectivity index (χ2v) is 11.0. The van der Waals surface area contributed by atoms with E-state index in [1.54, 1.807) is 0 Å². The highest BCUT2D eigenvalue weighted by molar-refractivity contribution is 5.89. The second kappa shape index (κ2) is 6.57. The van der Waals surface area contributed by atoms with Crippen molar-refractivity contribution >= 4 is 11.8 Å². The summed E-state index contributed by atoms with van der Waals surface area (Å²) in [5.41, 5.74) is 6.07. The van der Waals surface area contributed by atoms with Crippen molar-refractivity contribution in [3.05, 3.63) is 12.2 Å². The number of ether oxygens (including phenoxy) is 1. The summed E-state index contributed by atoms with van der Waals surface area (Å²) in [5, 5.41) is 0. The Balaban J connectivity index is 1.43. The number of carbonyl (C=O) groups is 2. The molecule has 2 N–H and O–H groups in total. The minimum absolute atomic E-state index is 0.0945. The smallest absolute Gasteiger partial charge is 0.246 e. The molecule has 5 nitrogen and oxygen atoms in total. The van der Waals surface area contributed by atoms with E-state index in [0.717, 1.165) is 24.7 Å². The van der Waals surface area contributed by atoms with Gasteiger partial charge >= 0.3 is 0 Å². The van der Waals surface area contributed by atoms with Gasteiger partial charge in [-0.05, 0) is 86.0 Å². The summed E-state index contributed by atoms with van der Waals surface area (Å²) in [4.78, 5) is 26.2. The van der Waals surface area contributed by atoms with Crippen molar-refractivity contribution in [2.75, 3.05) is 13.7 Å². The lowest BCUT2D eigenvalue weighted by atomic mass is 9.47. The molecule has 0 radical (unpaired) electrons. The van der Waals surface area contributed by atoms with Crippen molar-refractivity contribution in [2.45, 2.75) is 70.9 Å². The van der Waals surface area contributed by atoms with Gasteiger partial charge in [0.05, 0.1) is 0 Å². The fourth-order valence-corrected chi connectivity index (χ4v) is 8.79. The Morgan fingerprint density at radius 3 is 2.52 bits per heavy atom. The van der Waals surface area contributed by atoms with Gasteiger partial charge in [-0.15, -0.1) is 0 Å². The second-order valence-electron chi connectivity index (χ2n) is 11.0. The number of primary amides is 1. The number of rotatable bonds is 2. The first-order valence-corrected chi connectivity index (χ1v) is 11.6. The zero-order chi connectivity index (χ0) is 20.6. The molecule has 0 spiro atoms. The maximum absolute atomic E-state index is 12.3. The van der Waals surface area contributed by atoms with Gasteiger partial charge in [-0.25, -0.2) is 0 Å². The third-order valence-corrected chi connectivity index (χ3v) is 10.1. The third kappa shape index (κ3) is 2.62. The monoisotopic (exact) mass is 400 g/mol. The standard InChI is InChI=1S/C24H36N2O3/c1-23-11-8-18-14(4-7-19-24(18,2)12-9-20(27)26(19)3)16(23)5-6-17(23)15-10-13-29-21(15)22(25)28/h9,12,14-19,21H,4-8,10-11,13H2,1-3H3,(H2,25,28)/t14-,15?,16-,17?,18+,19?,21?,23-,24+/m0/s1. The van der Waals surface area contributed by atoms with Crippen LogP contribution in [0.3, 0.4) is 0 Å². The van der Waals surface area contributed by atoms with E-state index in [0.29, 0.717) is 30.4 Å². The van der Waals surface area contributed by atoms with Crippen molar-refractivity contribution in [1.82, 2.24) is 4.90 Å². The van der Waals surface area contributed by atoms with Gasteiger partial charge < -0.3 is 15.4 Å². The van der Waals surface area contributed by atoms with Crippen LogP contribution in [0.2, 0.25) is 0 Å². The number of hydrogen-bond donors (Lipinski definition) is 1. The molecular weight excluding hydrogens is 364 g/mol. The molecular formula is C24H36N2O3. The summed E-state index contributed by atoms with van der Waals surface area (Å²) in [5.74, 6) is 2.81.